The first-order chi connectivity index (χ1) is 12.8. The maximum atomic E-state index is 13.6. The number of rotatable bonds is 4. The predicted octanol–water partition coefficient (Wildman–Crippen LogP) is 4.53. The number of hydrogen-bond donors (Lipinski definition) is 1. The molecule has 1 aliphatic carbocycles. The topological polar surface area (TPSA) is 32.3 Å². The molecule has 144 valence electrons. The Balaban J connectivity index is 0.00000180. The predicted molar refractivity (Wildman–Crippen MR) is 115 cm³/mol. The number of amides is 1. The second-order valence-electron chi connectivity index (χ2n) is 7.83. The fourth-order valence-electron chi connectivity index (χ4n) is 4.72. The molecular weight excluding hydrogens is 396 g/mol. The Morgan fingerprint density at radius 1 is 1.22 bits per heavy atom. The molecule has 1 spiro atoms. The Labute approximate surface area is 175 Å². The summed E-state index contributed by atoms with van der Waals surface area (Å²) >= 11 is 3.55. The van der Waals surface area contributed by atoms with Gasteiger partial charge in [-0.2, -0.15) is 11.3 Å². The first-order valence-corrected chi connectivity index (χ1v) is 11.4. The largest absolute Gasteiger partial charge is 0.334 e. The van der Waals surface area contributed by atoms with Crippen molar-refractivity contribution in [3.05, 3.63) is 52.2 Å². The summed E-state index contributed by atoms with van der Waals surface area (Å²) in [5, 5.41) is 7.78. The summed E-state index contributed by atoms with van der Waals surface area (Å²) in [6.07, 6.45) is 3.61. The van der Waals surface area contributed by atoms with Crippen molar-refractivity contribution in [3.63, 3.8) is 0 Å². The summed E-state index contributed by atoms with van der Waals surface area (Å²) in [7, 11) is 0. The summed E-state index contributed by atoms with van der Waals surface area (Å²) < 4.78 is 0. The fourth-order valence-corrected chi connectivity index (χ4v) is 6.60. The van der Waals surface area contributed by atoms with E-state index >= 15 is 0 Å². The van der Waals surface area contributed by atoms with E-state index in [9.17, 15) is 4.79 Å². The third kappa shape index (κ3) is 3.55. The van der Waals surface area contributed by atoms with Crippen molar-refractivity contribution >= 4 is 41.4 Å². The van der Waals surface area contributed by atoms with Gasteiger partial charge in [-0.3, -0.25) is 4.79 Å². The number of nitrogens with zero attached hydrogens (tertiary/aromatic N) is 1. The van der Waals surface area contributed by atoms with E-state index in [-0.39, 0.29) is 18.3 Å². The Hall–Kier alpha value is -1.01. The van der Waals surface area contributed by atoms with Crippen molar-refractivity contribution in [3.8, 4) is 0 Å². The highest BCUT2D eigenvalue weighted by molar-refractivity contribution is 7.99. The minimum Gasteiger partial charge on any atom is -0.334 e. The lowest BCUT2D eigenvalue weighted by Crippen LogP contribution is -2.41. The molecule has 6 heteroatoms. The maximum absolute atomic E-state index is 13.6. The molecule has 2 fully saturated rings. The van der Waals surface area contributed by atoms with E-state index in [0.717, 1.165) is 25.4 Å². The lowest BCUT2D eigenvalue weighted by molar-refractivity contribution is -0.134. The van der Waals surface area contributed by atoms with Crippen molar-refractivity contribution in [1.82, 2.24) is 10.2 Å². The van der Waals surface area contributed by atoms with E-state index in [4.69, 9.17) is 0 Å². The number of thiophene rings is 1. The fraction of sp³-hybridized carbons (Fsp3) is 0.476. The Bertz CT molecular complexity index is 804. The number of halogens is 1. The van der Waals surface area contributed by atoms with Crippen molar-refractivity contribution in [2.75, 3.05) is 18.8 Å². The second kappa shape index (κ2) is 7.78. The lowest BCUT2D eigenvalue weighted by Gasteiger charge is -2.31. The van der Waals surface area contributed by atoms with E-state index in [1.54, 1.807) is 11.3 Å². The van der Waals surface area contributed by atoms with Gasteiger partial charge >= 0.3 is 0 Å². The molecule has 3 aliphatic rings. The smallest absolute Gasteiger partial charge is 0.231 e. The van der Waals surface area contributed by atoms with Gasteiger partial charge in [0.1, 0.15) is 0 Å². The molecule has 1 saturated carbocycles. The van der Waals surface area contributed by atoms with E-state index in [1.165, 1.54) is 35.3 Å². The zero-order chi connectivity index (χ0) is 17.6. The van der Waals surface area contributed by atoms with Gasteiger partial charge in [0, 0.05) is 23.2 Å². The minimum atomic E-state index is 0. The number of fused-ring (bicyclic) bond motifs is 1. The third-order valence-corrected chi connectivity index (χ3v) is 8.25. The second-order valence-corrected chi connectivity index (χ2v) is 9.67. The molecule has 0 bridgehead atoms. The monoisotopic (exact) mass is 420 g/mol. The molecule has 2 atom stereocenters. The molecule has 1 aromatic heterocycles. The van der Waals surface area contributed by atoms with Crippen LogP contribution in [0.15, 0.2) is 46.0 Å². The van der Waals surface area contributed by atoms with Crippen LogP contribution in [0.1, 0.15) is 36.3 Å². The van der Waals surface area contributed by atoms with Crippen molar-refractivity contribution in [2.45, 2.75) is 42.7 Å². The van der Waals surface area contributed by atoms with Crippen LogP contribution in [-0.4, -0.2) is 35.7 Å². The van der Waals surface area contributed by atoms with Crippen molar-refractivity contribution in [1.29, 1.82) is 0 Å². The summed E-state index contributed by atoms with van der Waals surface area (Å²) in [5.74, 6) is 1.25. The van der Waals surface area contributed by atoms with Gasteiger partial charge in [0.2, 0.25) is 5.91 Å². The average molecular weight is 421 g/mol. The third-order valence-electron chi connectivity index (χ3n) is 6.34. The average Bonchev–Trinajstić information content (AvgIpc) is 3.08. The van der Waals surface area contributed by atoms with Gasteiger partial charge < -0.3 is 10.2 Å². The van der Waals surface area contributed by atoms with Gasteiger partial charge in [0.25, 0.3) is 0 Å². The van der Waals surface area contributed by atoms with Crippen LogP contribution >= 0.6 is 35.5 Å². The van der Waals surface area contributed by atoms with Crippen LogP contribution in [0, 0.1) is 5.41 Å². The molecule has 1 N–H and O–H groups in total. The van der Waals surface area contributed by atoms with Crippen LogP contribution in [0.25, 0.3) is 0 Å². The number of carbonyl (C=O) groups is 1. The molecule has 2 unspecified atom stereocenters. The Morgan fingerprint density at radius 2 is 2.04 bits per heavy atom. The quantitative estimate of drug-likeness (QED) is 0.788. The molecule has 1 saturated heterocycles. The highest BCUT2D eigenvalue weighted by Crippen LogP contribution is 2.57. The first-order valence-electron chi connectivity index (χ1n) is 9.51. The number of piperidine rings is 1. The number of benzene rings is 1. The van der Waals surface area contributed by atoms with Gasteiger partial charge in [-0.05, 0) is 71.8 Å². The van der Waals surface area contributed by atoms with Gasteiger partial charge in [-0.25, -0.2) is 0 Å². The van der Waals surface area contributed by atoms with E-state index < -0.39 is 0 Å². The highest BCUT2D eigenvalue weighted by atomic mass is 35.5. The summed E-state index contributed by atoms with van der Waals surface area (Å²) in [6.45, 7) is 2.96. The summed E-state index contributed by atoms with van der Waals surface area (Å²) in [6, 6.07) is 11.0. The molecule has 3 nitrogen and oxygen atoms in total. The molecule has 3 heterocycles. The van der Waals surface area contributed by atoms with Crippen LogP contribution in [0.2, 0.25) is 0 Å². The molecule has 1 amide bonds. The number of thioether (sulfide) groups is 1. The minimum absolute atomic E-state index is 0. The number of nitrogens with one attached hydrogen (secondary N) is 1. The van der Waals surface area contributed by atoms with E-state index in [2.05, 4.69) is 51.3 Å². The number of carbonyl (C=O) groups excluding carboxylic acids is 1. The molecule has 2 aliphatic heterocycles. The van der Waals surface area contributed by atoms with Crippen LogP contribution in [0.4, 0.5) is 0 Å². The van der Waals surface area contributed by atoms with Gasteiger partial charge in [-0.1, -0.05) is 18.2 Å². The first kappa shape index (κ1) is 19.3. The van der Waals surface area contributed by atoms with Gasteiger partial charge in [-0.15, -0.1) is 24.2 Å². The summed E-state index contributed by atoms with van der Waals surface area (Å²) in [4.78, 5) is 17.2. The molecule has 27 heavy (non-hydrogen) atoms. The van der Waals surface area contributed by atoms with Crippen molar-refractivity contribution in [2.24, 2.45) is 5.41 Å². The SMILES string of the molecule is Cl.O=C(C1CSc2ccccc21)N(Cc1ccsc1)C1CC12CCNCC2. The van der Waals surface area contributed by atoms with Crippen LogP contribution in [-0.2, 0) is 11.3 Å². The van der Waals surface area contributed by atoms with Crippen LogP contribution in [0.5, 0.6) is 0 Å². The number of hydrogen-bond acceptors (Lipinski definition) is 4. The Kier molecular flexibility index (Phi) is 5.57. The maximum Gasteiger partial charge on any atom is 0.231 e. The summed E-state index contributed by atoms with van der Waals surface area (Å²) in [5.41, 5.74) is 2.89. The normalized spacial score (nSPS) is 24.9. The molecule has 5 rings (SSSR count). The molecule has 2 aromatic rings. The van der Waals surface area contributed by atoms with Crippen LogP contribution < -0.4 is 5.32 Å². The van der Waals surface area contributed by atoms with E-state index in [1.807, 2.05) is 11.8 Å². The van der Waals surface area contributed by atoms with Gasteiger partial charge in [0.15, 0.2) is 0 Å². The highest BCUT2D eigenvalue weighted by Gasteiger charge is 2.58. The zero-order valence-electron chi connectivity index (χ0n) is 15.2. The van der Waals surface area contributed by atoms with E-state index in [0.29, 0.717) is 17.4 Å². The molecular formula is C21H25ClN2OS2. The lowest BCUT2D eigenvalue weighted by atomic mass is 9.92. The van der Waals surface area contributed by atoms with Gasteiger partial charge in [0.05, 0.1) is 5.92 Å². The van der Waals surface area contributed by atoms with Crippen molar-refractivity contribution < 1.29 is 4.79 Å². The Morgan fingerprint density at radius 3 is 2.81 bits per heavy atom. The molecule has 0 radical (unpaired) electrons. The molecule has 1 aromatic carbocycles. The standard InChI is InChI=1S/C21H24N2OS2.ClH/c24-20(17-14-26-18-4-2-1-3-16(17)18)23(12-15-5-10-25-13-15)19-11-21(19)6-8-22-9-7-21;/h1-5,10,13,17,19,22H,6-9,11-12,14H2;1H. The van der Waals surface area contributed by atoms with Crippen LogP contribution in [0.3, 0.4) is 0 Å². The zero-order valence-corrected chi connectivity index (χ0v) is 17.7.